The second-order valence-corrected chi connectivity index (χ2v) is 13.6. The number of allylic oxidation sites excluding steroid dienone is 1. The van der Waals surface area contributed by atoms with E-state index in [1.807, 2.05) is 36.4 Å². The van der Waals surface area contributed by atoms with Gasteiger partial charge in [0.15, 0.2) is 6.10 Å². The van der Waals surface area contributed by atoms with Gasteiger partial charge >= 0.3 is 17.8 Å². The molecule has 0 saturated carbocycles. The Hall–Kier alpha value is -5.24. The molecule has 13 nitrogen and oxygen atoms in total. The molecule has 0 bridgehead atoms. The monoisotopic (exact) mass is 660 g/mol. The first kappa shape index (κ1) is 31.7. The van der Waals surface area contributed by atoms with E-state index < -0.39 is 63.6 Å². The quantitative estimate of drug-likeness (QED) is 0.229. The molecule has 1 N–H and O–H groups in total. The number of carbonyl (C=O) groups is 4. The van der Waals surface area contributed by atoms with E-state index in [2.05, 4.69) is 5.32 Å². The molecule has 2 saturated heterocycles. The number of rotatable bonds is 7. The fourth-order valence-corrected chi connectivity index (χ4v) is 7.31. The molecule has 0 radical (unpaired) electrons. The number of oxazole rings is 1. The second kappa shape index (κ2) is 12.5. The standard InChI is InChI=1S/C33H32N4O9S/c1-33(2,3)46-31(41)34-24-28(39)37-25(30(40)45-26(20-10-6-4-7-11-20)21-12-8-5-9-13-21)23(19-47(43)29(24)37)18-22-14-15-35(27(22)38)36-16-17-44-32(36)42/h4-13,16-18,24,26,29H,14-15,19H2,1-3H3,(H,34,41)/b22-18+/t24-,29-,47-/m1/s1. The van der Waals surface area contributed by atoms with Gasteiger partial charge in [0, 0.05) is 12.1 Å². The summed E-state index contributed by atoms with van der Waals surface area (Å²) in [6.07, 6.45) is 2.38. The summed E-state index contributed by atoms with van der Waals surface area (Å²) >= 11 is 0. The van der Waals surface area contributed by atoms with Crippen LogP contribution in [0.2, 0.25) is 0 Å². The van der Waals surface area contributed by atoms with Crippen LogP contribution in [-0.4, -0.2) is 67.0 Å². The van der Waals surface area contributed by atoms with Crippen molar-refractivity contribution in [3.8, 4) is 0 Å². The van der Waals surface area contributed by atoms with Crippen LogP contribution in [0.5, 0.6) is 0 Å². The average Bonchev–Trinajstić information content (AvgIpc) is 3.62. The van der Waals surface area contributed by atoms with E-state index in [0.29, 0.717) is 11.1 Å². The molecule has 0 unspecified atom stereocenters. The number of nitrogens with zero attached hydrogens (tertiary/aromatic N) is 3. The van der Waals surface area contributed by atoms with Crippen LogP contribution in [0, 0.1) is 0 Å². The first-order valence-electron chi connectivity index (χ1n) is 14.9. The summed E-state index contributed by atoms with van der Waals surface area (Å²) in [4.78, 5) is 66.9. The van der Waals surface area contributed by atoms with Crippen molar-refractivity contribution in [1.82, 2.24) is 14.9 Å². The fourth-order valence-electron chi connectivity index (χ4n) is 5.68. The molecule has 3 atom stereocenters. The van der Waals surface area contributed by atoms with Gasteiger partial charge in [-0.2, -0.15) is 4.68 Å². The molecule has 0 aliphatic carbocycles. The second-order valence-electron chi connectivity index (χ2n) is 12.1. The van der Waals surface area contributed by atoms with Gasteiger partial charge < -0.3 is 19.2 Å². The first-order chi connectivity index (χ1) is 22.4. The minimum atomic E-state index is -1.79. The third kappa shape index (κ3) is 6.28. The Kier molecular flexibility index (Phi) is 8.45. The number of nitrogens with one attached hydrogen (secondary N) is 1. The van der Waals surface area contributed by atoms with Crippen LogP contribution in [0.1, 0.15) is 44.4 Å². The number of β-lactam (4-membered cyclic amide) rings is 1. The van der Waals surface area contributed by atoms with Gasteiger partial charge in [-0.05, 0) is 50.0 Å². The maximum absolute atomic E-state index is 14.2. The molecule has 3 aliphatic heterocycles. The van der Waals surface area contributed by atoms with E-state index in [0.717, 1.165) is 15.8 Å². The van der Waals surface area contributed by atoms with Crippen LogP contribution >= 0.6 is 0 Å². The van der Waals surface area contributed by atoms with Crippen LogP contribution in [0.3, 0.4) is 0 Å². The molecule has 47 heavy (non-hydrogen) atoms. The number of benzene rings is 2. The number of alkyl carbamates (subject to hydrolysis) is 1. The summed E-state index contributed by atoms with van der Waals surface area (Å²) < 4.78 is 30.9. The van der Waals surface area contributed by atoms with Gasteiger partial charge in [0.2, 0.25) is 0 Å². The molecule has 2 aromatic carbocycles. The van der Waals surface area contributed by atoms with Crippen LogP contribution in [0.4, 0.5) is 4.79 Å². The minimum absolute atomic E-state index is 0.150. The molecule has 4 heterocycles. The number of amides is 3. The number of ether oxygens (including phenoxy) is 2. The molecule has 14 heteroatoms. The zero-order chi connectivity index (χ0) is 33.5. The molecule has 1 aromatic heterocycles. The van der Waals surface area contributed by atoms with Crippen molar-refractivity contribution in [2.75, 3.05) is 17.3 Å². The third-order valence-electron chi connectivity index (χ3n) is 7.72. The Morgan fingerprint density at radius 2 is 1.66 bits per heavy atom. The van der Waals surface area contributed by atoms with Gasteiger partial charge in [-0.1, -0.05) is 60.7 Å². The highest BCUT2D eigenvalue weighted by Crippen LogP contribution is 2.38. The summed E-state index contributed by atoms with van der Waals surface area (Å²) in [7, 11) is -1.79. The summed E-state index contributed by atoms with van der Waals surface area (Å²) in [6.45, 7) is 5.15. The van der Waals surface area contributed by atoms with Crippen molar-refractivity contribution >= 4 is 34.7 Å². The van der Waals surface area contributed by atoms with E-state index in [4.69, 9.17) is 13.9 Å². The van der Waals surface area contributed by atoms with Crippen molar-refractivity contribution in [1.29, 1.82) is 0 Å². The highest BCUT2D eigenvalue weighted by atomic mass is 32.2. The largest absolute Gasteiger partial charge is 0.448 e. The molecular formula is C33H32N4O9S. The minimum Gasteiger partial charge on any atom is -0.448 e. The molecule has 3 amide bonds. The van der Waals surface area contributed by atoms with Crippen LogP contribution in [0.15, 0.2) is 105 Å². The maximum Gasteiger partial charge on any atom is 0.438 e. The van der Waals surface area contributed by atoms with Crippen molar-refractivity contribution in [2.45, 2.75) is 50.3 Å². The number of hydrogen-bond acceptors (Lipinski definition) is 9. The van der Waals surface area contributed by atoms with Crippen LogP contribution in [-0.2, 0) is 34.7 Å². The third-order valence-corrected chi connectivity index (χ3v) is 9.34. The predicted octanol–water partition coefficient (Wildman–Crippen LogP) is 2.65. The Labute approximate surface area is 271 Å². The molecule has 2 fully saturated rings. The fraction of sp³-hybridized carbons (Fsp3) is 0.303. The Bertz CT molecular complexity index is 1830. The topological polar surface area (TPSA) is 157 Å². The Morgan fingerprint density at radius 1 is 1.02 bits per heavy atom. The van der Waals surface area contributed by atoms with Gasteiger partial charge in [0.1, 0.15) is 29.0 Å². The van der Waals surface area contributed by atoms with E-state index in [9.17, 15) is 28.2 Å². The molecule has 3 aliphatic rings. The predicted molar refractivity (Wildman–Crippen MR) is 168 cm³/mol. The summed E-state index contributed by atoms with van der Waals surface area (Å²) in [5, 5.41) is 2.60. The van der Waals surface area contributed by atoms with Crippen LogP contribution < -0.4 is 16.1 Å². The van der Waals surface area contributed by atoms with Gasteiger partial charge in [-0.25, -0.2) is 19.4 Å². The maximum atomic E-state index is 14.2. The summed E-state index contributed by atoms with van der Waals surface area (Å²) in [6, 6.07) is 16.9. The van der Waals surface area contributed by atoms with E-state index in [-0.39, 0.29) is 35.6 Å². The lowest BCUT2D eigenvalue weighted by molar-refractivity contribution is -0.153. The summed E-state index contributed by atoms with van der Waals surface area (Å²) in [5.41, 5.74) is 0.707. The van der Waals surface area contributed by atoms with Gasteiger partial charge in [0.25, 0.3) is 11.8 Å². The van der Waals surface area contributed by atoms with E-state index >= 15 is 0 Å². The molecule has 0 spiro atoms. The normalized spacial score (nSPS) is 22.0. The SMILES string of the molecule is CC(C)(C)OC(=O)N[C@@H]1C(=O)N2C(C(=O)OC(c3ccccc3)c3ccccc3)=C(/C=C3\CCN(n4ccoc4=O)C3=O)C[S@@](=O)[C@H]12. The van der Waals surface area contributed by atoms with Crippen molar-refractivity contribution < 1.29 is 37.3 Å². The number of hydrogen-bond donors (Lipinski definition) is 1. The van der Waals surface area contributed by atoms with E-state index in [1.165, 1.54) is 17.3 Å². The zero-order valence-electron chi connectivity index (χ0n) is 25.8. The molecule has 3 aromatic rings. The lowest BCUT2D eigenvalue weighted by atomic mass is 10.00. The zero-order valence-corrected chi connectivity index (χ0v) is 26.6. The Morgan fingerprint density at radius 3 is 2.23 bits per heavy atom. The van der Waals surface area contributed by atoms with Crippen molar-refractivity contribution in [3.05, 3.63) is 118 Å². The highest BCUT2D eigenvalue weighted by molar-refractivity contribution is 7.86. The summed E-state index contributed by atoms with van der Waals surface area (Å²) in [5.74, 6) is -3.04. The number of esters is 1. The van der Waals surface area contributed by atoms with Crippen LogP contribution in [0.25, 0.3) is 0 Å². The lowest BCUT2D eigenvalue weighted by Crippen LogP contribution is -2.73. The van der Waals surface area contributed by atoms with Gasteiger partial charge in [0.05, 0.1) is 22.7 Å². The number of carbonyl (C=O) groups excluding carboxylic acids is 4. The lowest BCUT2D eigenvalue weighted by Gasteiger charge is -2.49. The molecule has 6 rings (SSSR count). The first-order valence-corrected chi connectivity index (χ1v) is 16.2. The van der Waals surface area contributed by atoms with Crippen molar-refractivity contribution in [2.24, 2.45) is 0 Å². The molecule has 244 valence electrons. The Balaban J connectivity index is 1.38. The smallest absolute Gasteiger partial charge is 0.438 e. The van der Waals surface area contributed by atoms with Gasteiger partial charge in [-0.3, -0.25) is 18.7 Å². The van der Waals surface area contributed by atoms with E-state index in [1.54, 1.807) is 45.0 Å². The van der Waals surface area contributed by atoms with Gasteiger partial charge in [-0.15, -0.1) is 0 Å². The highest BCUT2D eigenvalue weighted by Gasteiger charge is 2.58. The number of aromatic nitrogens is 1. The van der Waals surface area contributed by atoms with Crippen molar-refractivity contribution in [3.63, 3.8) is 0 Å². The number of fused-ring (bicyclic) bond motifs is 1. The average molecular weight is 661 g/mol. The molecular weight excluding hydrogens is 628 g/mol.